The Hall–Kier alpha value is -0.510. The van der Waals surface area contributed by atoms with Crippen LogP contribution in [-0.2, 0) is 0 Å². The number of rotatable bonds is 5. The van der Waals surface area contributed by atoms with E-state index in [1.54, 1.807) is 0 Å². The van der Waals surface area contributed by atoms with Crippen LogP contribution in [0.5, 0.6) is 0 Å². The van der Waals surface area contributed by atoms with Crippen LogP contribution in [0, 0.1) is 69.5 Å². The summed E-state index contributed by atoms with van der Waals surface area (Å²) in [4.78, 5) is 0. The van der Waals surface area contributed by atoms with E-state index < -0.39 is 0 Å². The predicted octanol–water partition coefficient (Wildman–Crippen LogP) is 8.25. The van der Waals surface area contributed by atoms with Gasteiger partial charge in [-0.05, 0) is 110 Å². The highest BCUT2D eigenvalue weighted by Crippen LogP contribution is 2.68. The largest absolute Gasteiger partial charge is 0.198 e. The molecule has 1 nitrogen and oxygen atoms in total. The standard InChI is InChI=1S/C28H47N/c1-19(2)7-6-8-20(3)24-11-12-25-23-10-9-22-17-21(18-29)13-15-27(22,4)26(23)14-16-28(24,25)5/h19-26H,6-17H2,1-5H3/t20-,21-,22+,23+,24-,25+,26+,27+,28-/m1/s1. The fraction of sp³-hybridized carbons (Fsp3) is 0.964. The van der Waals surface area contributed by atoms with E-state index >= 15 is 0 Å². The molecule has 0 N–H and O–H groups in total. The van der Waals surface area contributed by atoms with Gasteiger partial charge in [0.2, 0.25) is 0 Å². The van der Waals surface area contributed by atoms with Gasteiger partial charge in [-0.3, -0.25) is 0 Å². The van der Waals surface area contributed by atoms with Crippen LogP contribution in [0.3, 0.4) is 0 Å². The monoisotopic (exact) mass is 397 g/mol. The molecule has 0 aromatic rings. The summed E-state index contributed by atoms with van der Waals surface area (Å²) in [7, 11) is 0. The maximum atomic E-state index is 9.48. The Morgan fingerprint density at radius 1 is 0.862 bits per heavy atom. The van der Waals surface area contributed by atoms with E-state index in [1.807, 2.05) is 0 Å². The lowest BCUT2D eigenvalue weighted by molar-refractivity contribution is -0.118. The first-order valence-corrected chi connectivity index (χ1v) is 13.2. The van der Waals surface area contributed by atoms with E-state index in [-0.39, 0.29) is 0 Å². The highest BCUT2D eigenvalue weighted by Gasteiger charge is 2.60. The van der Waals surface area contributed by atoms with Crippen molar-refractivity contribution >= 4 is 0 Å². The molecule has 4 saturated carbocycles. The van der Waals surface area contributed by atoms with Gasteiger partial charge in [0.1, 0.15) is 0 Å². The lowest BCUT2D eigenvalue weighted by Gasteiger charge is -2.61. The minimum atomic E-state index is 0.348. The molecule has 0 radical (unpaired) electrons. The van der Waals surface area contributed by atoms with Gasteiger partial charge >= 0.3 is 0 Å². The average Bonchev–Trinajstić information content (AvgIpc) is 3.04. The molecule has 0 unspecified atom stereocenters. The Labute approximate surface area is 181 Å². The van der Waals surface area contributed by atoms with Gasteiger partial charge in [0.15, 0.2) is 0 Å². The van der Waals surface area contributed by atoms with Crippen LogP contribution in [-0.4, -0.2) is 0 Å². The fourth-order valence-electron chi connectivity index (χ4n) is 9.40. The van der Waals surface area contributed by atoms with Crippen molar-refractivity contribution in [2.45, 2.75) is 112 Å². The summed E-state index contributed by atoms with van der Waals surface area (Å²) in [5.41, 5.74) is 1.16. The lowest BCUT2D eigenvalue weighted by atomic mass is 9.44. The summed E-state index contributed by atoms with van der Waals surface area (Å²) in [5, 5.41) is 9.48. The highest BCUT2D eigenvalue weighted by molar-refractivity contribution is 5.10. The van der Waals surface area contributed by atoms with Gasteiger partial charge in [0.25, 0.3) is 0 Å². The minimum Gasteiger partial charge on any atom is -0.198 e. The fourth-order valence-corrected chi connectivity index (χ4v) is 9.40. The Bertz CT molecular complexity index is 616. The van der Waals surface area contributed by atoms with Gasteiger partial charge in [0, 0.05) is 5.92 Å². The number of nitrogens with zero attached hydrogens (tertiary/aromatic N) is 1. The van der Waals surface area contributed by atoms with Crippen LogP contribution in [0.4, 0.5) is 0 Å². The van der Waals surface area contributed by atoms with Gasteiger partial charge in [-0.2, -0.15) is 5.26 Å². The maximum Gasteiger partial charge on any atom is 0.0655 e. The third-order valence-electron chi connectivity index (χ3n) is 11.0. The molecule has 0 aromatic carbocycles. The zero-order valence-corrected chi connectivity index (χ0v) is 20.1. The Morgan fingerprint density at radius 3 is 2.31 bits per heavy atom. The zero-order chi connectivity index (χ0) is 20.8. The van der Waals surface area contributed by atoms with Crippen molar-refractivity contribution in [3.63, 3.8) is 0 Å². The molecular weight excluding hydrogens is 350 g/mol. The van der Waals surface area contributed by atoms with E-state index in [2.05, 4.69) is 40.7 Å². The maximum absolute atomic E-state index is 9.48. The molecule has 4 fully saturated rings. The van der Waals surface area contributed by atoms with E-state index in [0.717, 1.165) is 41.4 Å². The Kier molecular flexibility index (Phi) is 6.14. The second-order valence-electron chi connectivity index (χ2n) is 12.8. The van der Waals surface area contributed by atoms with Crippen molar-refractivity contribution in [2.75, 3.05) is 0 Å². The molecule has 164 valence electrons. The van der Waals surface area contributed by atoms with Crippen LogP contribution in [0.25, 0.3) is 0 Å². The van der Waals surface area contributed by atoms with Crippen LogP contribution in [0.15, 0.2) is 0 Å². The van der Waals surface area contributed by atoms with E-state index in [9.17, 15) is 5.26 Å². The second-order valence-corrected chi connectivity index (χ2v) is 12.8. The third-order valence-corrected chi connectivity index (χ3v) is 11.0. The quantitative estimate of drug-likeness (QED) is 0.458. The molecule has 29 heavy (non-hydrogen) atoms. The number of fused-ring (bicyclic) bond motifs is 5. The van der Waals surface area contributed by atoms with Crippen LogP contribution >= 0.6 is 0 Å². The van der Waals surface area contributed by atoms with Crippen molar-refractivity contribution in [3.05, 3.63) is 0 Å². The molecule has 0 aliphatic heterocycles. The van der Waals surface area contributed by atoms with Gasteiger partial charge in [-0.1, -0.05) is 53.9 Å². The average molecular weight is 398 g/mol. The van der Waals surface area contributed by atoms with Crippen molar-refractivity contribution in [1.82, 2.24) is 0 Å². The molecule has 4 rings (SSSR count). The van der Waals surface area contributed by atoms with Gasteiger partial charge < -0.3 is 0 Å². The highest BCUT2D eigenvalue weighted by atomic mass is 14.6. The lowest BCUT2D eigenvalue weighted by Crippen LogP contribution is -2.53. The molecule has 1 heteroatoms. The van der Waals surface area contributed by atoms with Crippen molar-refractivity contribution in [2.24, 2.45) is 58.2 Å². The van der Waals surface area contributed by atoms with Gasteiger partial charge in [-0.25, -0.2) is 0 Å². The zero-order valence-electron chi connectivity index (χ0n) is 20.1. The molecular formula is C28H47N. The number of nitriles is 1. The van der Waals surface area contributed by atoms with Gasteiger partial charge in [-0.15, -0.1) is 0 Å². The summed E-state index contributed by atoms with van der Waals surface area (Å²) in [5.74, 6) is 6.86. The molecule has 0 aromatic heterocycles. The first-order chi connectivity index (χ1) is 13.8. The summed E-state index contributed by atoms with van der Waals surface area (Å²) in [6.07, 6.45) is 16.9. The van der Waals surface area contributed by atoms with Crippen molar-refractivity contribution in [3.8, 4) is 6.07 Å². The third kappa shape index (κ3) is 3.70. The van der Waals surface area contributed by atoms with E-state index in [4.69, 9.17) is 0 Å². The molecule has 0 heterocycles. The van der Waals surface area contributed by atoms with Gasteiger partial charge in [0.05, 0.1) is 6.07 Å². The number of hydrogen-bond donors (Lipinski definition) is 0. The summed E-state index contributed by atoms with van der Waals surface area (Å²) >= 11 is 0. The summed E-state index contributed by atoms with van der Waals surface area (Å²) in [6.45, 7) is 12.7. The molecule has 0 saturated heterocycles. The molecule has 9 atom stereocenters. The Morgan fingerprint density at radius 2 is 1.59 bits per heavy atom. The SMILES string of the molecule is CC(C)CCC[C@@H](C)[C@H]1CC[C@H]2[C@@H]3CC[C@H]4C[C@H](C#N)CC[C@]4(C)[C@H]3CC[C@]12C. The van der Waals surface area contributed by atoms with E-state index in [1.165, 1.54) is 77.0 Å². The molecule has 0 bridgehead atoms. The van der Waals surface area contributed by atoms with Crippen LogP contribution < -0.4 is 0 Å². The molecule has 0 amide bonds. The summed E-state index contributed by atoms with van der Waals surface area (Å²) in [6, 6.07) is 2.61. The smallest absolute Gasteiger partial charge is 0.0655 e. The van der Waals surface area contributed by atoms with E-state index in [0.29, 0.717) is 16.7 Å². The Balaban J connectivity index is 1.46. The molecule has 4 aliphatic rings. The predicted molar refractivity (Wildman–Crippen MR) is 122 cm³/mol. The van der Waals surface area contributed by atoms with Crippen LogP contribution in [0.1, 0.15) is 112 Å². The minimum absolute atomic E-state index is 0.348. The van der Waals surface area contributed by atoms with Crippen molar-refractivity contribution in [1.29, 1.82) is 5.26 Å². The molecule has 4 aliphatic carbocycles. The first kappa shape index (κ1) is 21.7. The normalized spacial score (nSPS) is 47.8. The first-order valence-electron chi connectivity index (χ1n) is 13.2. The second kappa shape index (κ2) is 8.20. The van der Waals surface area contributed by atoms with Crippen LogP contribution in [0.2, 0.25) is 0 Å². The summed E-state index contributed by atoms with van der Waals surface area (Å²) < 4.78 is 0. The van der Waals surface area contributed by atoms with Crippen molar-refractivity contribution < 1.29 is 0 Å². The molecule has 0 spiro atoms. The number of hydrogen-bond acceptors (Lipinski definition) is 1. The topological polar surface area (TPSA) is 23.8 Å².